The van der Waals surface area contributed by atoms with E-state index in [4.69, 9.17) is 4.42 Å². The van der Waals surface area contributed by atoms with Gasteiger partial charge in [0.1, 0.15) is 17.6 Å². The molecule has 5 nitrogen and oxygen atoms in total. The maximum absolute atomic E-state index is 13.2. The lowest BCUT2D eigenvalue weighted by Crippen LogP contribution is -2.29. The molecule has 1 N–H and O–H groups in total. The van der Waals surface area contributed by atoms with Crippen molar-refractivity contribution in [2.75, 3.05) is 4.90 Å². The molecule has 0 spiro atoms. The van der Waals surface area contributed by atoms with E-state index in [-0.39, 0.29) is 11.3 Å². The van der Waals surface area contributed by atoms with Crippen LogP contribution in [0.2, 0.25) is 0 Å². The minimum atomic E-state index is -0.832. The molecule has 33 heavy (non-hydrogen) atoms. The summed E-state index contributed by atoms with van der Waals surface area (Å²) in [6.07, 6.45) is 5.77. The number of hydrogen-bond donors (Lipinski definition) is 1. The summed E-state index contributed by atoms with van der Waals surface area (Å²) in [4.78, 5) is 27.8. The molecule has 0 radical (unpaired) electrons. The first-order valence-corrected chi connectivity index (χ1v) is 11.5. The third kappa shape index (κ3) is 3.67. The van der Waals surface area contributed by atoms with Crippen molar-refractivity contribution in [3.05, 3.63) is 94.4 Å². The van der Waals surface area contributed by atoms with Crippen LogP contribution in [0.25, 0.3) is 5.76 Å². The predicted octanol–water partition coefficient (Wildman–Crippen LogP) is 5.91. The molecule has 0 saturated carbocycles. The number of carbonyl (C=O) groups excluding carboxylic acids is 2. The Morgan fingerprint density at radius 2 is 1.73 bits per heavy atom. The zero-order valence-corrected chi connectivity index (χ0v) is 18.9. The normalized spacial score (nSPS) is 19.8. The van der Waals surface area contributed by atoms with Crippen molar-refractivity contribution < 1.29 is 19.1 Å². The first kappa shape index (κ1) is 21.3. The number of aliphatic hydroxyl groups excluding tert-OH is 1. The molecule has 2 heterocycles. The third-order valence-electron chi connectivity index (χ3n) is 6.72. The van der Waals surface area contributed by atoms with Crippen molar-refractivity contribution in [1.82, 2.24) is 0 Å². The van der Waals surface area contributed by atoms with Gasteiger partial charge in [-0.05, 0) is 78.6 Å². The lowest BCUT2D eigenvalue weighted by molar-refractivity contribution is -0.132. The highest BCUT2D eigenvalue weighted by Crippen LogP contribution is 2.42. The van der Waals surface area contributed by atoms with Crippen LogP contribution in [0.5, 0.6) is 0 Å². The van der Waals surface area contributed by atoms with E-state index in [0.29, 0.717) is 22.9 Å². The van der Waals surface area contributed by atoms with Crippen LogP contribution in [0.4, 0.5) is 5.69 Å². The number of hydrogen-bond acceptors (Lipinski definition) is 4. The molecule has 5 rings (SSSR count). The summed E-state index contributed by atoms with van der Waals surface area (Å²) in [5, 5.41) is 11.3. The second-order valence-electron chi connectivity index (χ2n) is 9.12. The monoisotopic (exact) mass is 441 g/mol. The van der Waals surface area contributed by atoms with Gasteiger partial charge in [0, 0.05) is 11.3 Å². The van der Waals surface area contributed by atoms with Gasteiger partial charge in [-0.3, -0.25) is 14.5 Å². The highest BCUT2D eigenvalue weighted by Gasteiger charge is 2.48. The molecule has 1 fully saturated rings. The minimum Gasteiger partial charge on any atom is -0.507 e. The minimum absolute atomic E-state index is 0.0543. The number of benzene rings is 2. The highest BCUT2D eigenvalue weighted by atomic mass is 16.3. The number of aryl methyl sites for hydroxylation is 2. The number of rotatable bonds is 4. The largest absolute Gasteiger partial charge is 0.507 e. The molecule has 2 aromatic carbocycles. The molecular weight excluding hydrogens is 414 g/mol. The predicted molar refractivity (Wildman–Crippen MR) is 127 cm³/mol. The number of ketones is 1. The van der Waals surface area contributed by atoms with Crippen LogP contribution in [-0.2, 0) is 22.4 Å². The number of aliphatic hydroxyl groups is 1. The van der Waals surface area contributed by atoms with Gasteiger partial charge in [-0.15, -0.1) is 0 Å². The topological polar surface area (TPSA) is 70.8 Å². The molecular formula is C28H27NO4. The van der Waals surface area contributed by atoms with Gasteiger partial charge in [0.2, 0.25) is 0 Å². The van der Waals surface area contributed by atoms with Gasteiger partial charge in [0.25, 0.3) is 11.7 Å². The number of furan rings is 1. The smallest absolute Gasteiger partial charge is 0.300 e. The maximum atomic E-state index is 13.2. The van der Waals surface area contributed by atoms with E-state index in [0.717, 1.165) is 31.2 Å². The second kappa shape index (κ2) is 8.39. The van der Waals surface area contributed by atoms with Crippen molar-refractivity contribution in [3.8, 4) is 0 Å². The molecule has 1 aromatic heterocycles. The standard InChI is InChI=1S/C28H27NO4/c1-17(2)18-11-13-22(14-12-18)29-25(23-8-5-15-33-23)24(27(31)28(29)32)26(30)21-10-9-19-6-3-4-7-20(19)16-21/h5,8-17,25,30H,3-4,6-7H2,1-2H3/b26-24-. The van der Waals surface area contributed by atoms with Crippen molar-refractivity contribution in [2.24, 2.45) is 0 Å². The van der Waals surface area contributed by atoms with Gasteiger partial charge in [0.15, 0.2) is 0 Å². The molecule has 1 saturated heterocycles. The van der Waals surface area contributed by atoms with Crippen LogP contribution in [0.1, 0.15) is 66.7 Å². The number of fused-ring (bicyclic) bond motifs is 1. The van der Waals surface area contributed by atoms with Crippen molar-refractivity contribution >= 4 is 23.1 Å². The van der Waals surface area contributed by atoms with Gasteiger partial charge in [0.05, 0.1) is 11.8 Å². The quantitative estimate of drug-likeness (QED) is 0.310. The van der Waals surface area contributed by atoms with Gasteiger partial charge in [-0.2, -0.15) is 0 Å². The summed E-state index contributed by atoms with van der Waals surface area (Å²) < 4.78 is 5.64. The number of amides is 1. The molecule has 0 bridgehead atoms. The Labute approximate surface area is 193 Å². The van der Waals surface area contributed by atoms with Crippen molar-refractivity contribution in [1.29, 1.82) is 0 Å². The molecule has 1 aliphatic carbocycles. The van der Waals surface area contributed by atoms with E-state index in [9.17, 15) is 14.7 Å². The van der Waals surface area contributed by atoms with E-state index >= 15 is 0 Å². The summed E-state index contributed by atoms with van der Waals surface area (Å²) in [5.74, 6) is -0.766. The Hall–Kier alpha value is -3.60. The van der Waals surface area contributed by atoms with Gasteiger partial charge in [-0.1, -0.05) is 38.1 Å². The Morgan fingerprint density at radius 3 is 2.39 bits per heavy atom. The van der Waals surface area contributed by atoms with Crippen LogP contribution in [0.15, 0.2) is 70.9 Å². The second-order valence-corrected chi connectivity index (χ2v) is 9.12. The zero-order chi connectivity index (χ0) is 23.1. The zero-order valence-electron chi connectivity index (χ0n) is 18.9. The molecule has 2 aliphatic rings. The van der Waals surface area contributed by atoms with E-state index in [1.807, 2.05) is 42.5 Å². The molecule has 1 aliphatic heterocycles. The SMILES string of the molecule is CC(C)c1ccc(N2C(=O)C(=O)/C(=C(\O)c3ccc4c(c3)CCCC4)C2c2ccco2)cc1. The lowest BCUT2D eigenvalue weighted by atomic mass is 9.89. The number of anilines is 1. The molecule has 5 heteroatoms. The fourth-order valence-electron chi connectivity index (χ4n) is 4.87. The van der Waals surface area contributed by atoms with Crippen LogP contribution in [0, 0.1) is 0 Å². The summed E-state index contributed by atoms with van der Waals surface area (Å²) >= 11 is 0. The summed E-state index contributed by atoms with van der Waals surface area (Å²) in [6.45, 7) is 4.20. The van der Waals surface area contributed by atoms with E-state index in [1.165, 1.54) is 22.3 Å². The first-order chi connectivity index (χ1) is 16.0. The number of carbonyl (C=O) groups is 2. The highest BCUT2D eigenvalue weighted by molar-refractivity contribution is 6.51. The Morgan fingerprint density at radius 1 is 1.00 bits per heavy atom. The Kier molecular flexibility index (Phi) is 5.41. The van der Waals surface area contributed by atoms with E-state index in [2.05, 4.69) is 13.8 Å². The average Bonchev–Trinajstić information content (AvgIpc) is 3.45. The van der Waals surface area contributed by atoms with Crippen molar-refractivity contribution in [3.63, 3.8) is 0 Å². The third-order valence-corrected chi connectivity index (χ3v) is 6.72. The molecule has 168 valence electrons. The summed E-state index contributed by atoms with van der Waals surface area (Å²) in [7, 11) is 0. The fraction of sp³-hybridized carbons (Fsp3) is 0.286. The van der Waals surface area contributed by atoms with Crippen LogP contribution >= 0.6 is 0 Å². The van der Waals surface area contributed by atoms with E-state index in [1.54, 1.807) is 12.1 Å². The molecule has 1 unspecified atom stereocenters. The molecule has 1 amide bonds. The fourth-order valence-corrected chi connectivity index (χ4v) is 4.87. The Balaban J connectivity index is 1.63. The van der Waals surface area contributed by atoms with Gasteiger partial charge >= 0.3 is 0 Å². The lowest BCUT2D eigenvalue weighted by Gasteiger charge is -2.24. The molecule has 3 aromatic rings. The van der Waals surface area contributed by atoms with Crippen LogP contribution in [-0.4, -0.2) is 16.8 Å². The number of nitrogens with zero attached hydrogens (tertiary/aromatic N) is 1. The van der Waals surface area contributed by atoms with Crippen LogP contribution in [0.3, 0.4) is 0 Å². The van der Waals surface area contributed by atoms with Crippen molar-refractivity contribution in [2.45, 2.75) is 51.5 Å². The van der Waals surface area contributed by atoms with Crippen LogP contribution < -0.4 is 4.90 Å². The number of Topliss-reactive ketones (excluding diaryl/α,β-unsaturated/α-hetero) is 1. The first-order valence-electron chi connectivity index (χ1n) is 11.5. The molecule has 1 atom stereocenters. The van der Waals surface area contributed by atoms with Gasteiger partial charge in [-0.25, -0.2) is 0 Å². The average molecular weight is 442 g/mol. The maximum Gasteiger partial charge on any atom is 0.300 e. The summed E-state index contributed by atoms with van der Waals surface area (Å²) in [5.41, 5.74) is 4.81. The summed E-state index contributed by atoms with van der Waals surface area (Å²) in [6, 6.07) is 16.0. The Bertz CT molecular complexity index is 1240. The van der Waals surface area contributed by atoms with E-state index < -0.39 is 17.7 Å². The van der Waals surface area contributed by atoms with Gasteiger partial charge < -0.3 is 9.52 Å².